The number of benzene rings is 2. The minimum Gasteiger partial charge on any atom is -0.507 e. The molecular weight excluding hydrogens is 390 g/mol. The predicted octanol–water partition coefficient (Wildman–Crippen LogP) is 4.96. The first-order chi connectivity index (χ1) is 14.0. The molecule has 0 aromatic heterocycles. The number of nitrogens with zero attached hydrogens (tertiary/aromatic N) is 1. The molecule has 1 aliphatic heterocycles. The first-order valence-corrected chi connectivity index (χ1v) is 10.0. The molecule has 0 spiro atoms. The van der Waals surface area contributed by atoms with Gasteiger partial charge in [-0.2, -0.15) is 0 Å². The highest BCUT2D eigenvalue weighted by Crippen LogP contribution is 2.41. The number of unbranched alkanes of at least 4 members (excludes halogenated alkanes) is 2. The zero-order chi connectivity index (χ0) is 21.0. The summed E-state index contributed by atoms with van der Waals surface area (Å²) < 4.78 is 5.33. The van der Waals surface area contributed by atoms with Gasteiger partial charge in [-0.1, -0.05) is 55.6 Å². The quantitative estimate of drug-likeness (QED) is 0.301. The fourth-order valence-electron chi connectivity index (χ4n) is 3.62. The lowest BCUT2D eigenvalue weighted by molar-refractivity contribution is -0.139. The van der Waals surface area contributed by atoms with E-state index in [1.807, 2.05) is 0 Å². The molecular formula is C23H24ClNO4. The zero-order valence-corrected chi connectivity index (χ0v) is 17.3. The van der Waals surface area contributed by atoms with Crippen LogP contribution in [0.15, 0.2) is 54.1 Å². The molecule has 1 saturated heterocycles. The Morgan fingerprint density at radius 3 is 2.45 bits per heavy atom. The van der Waals surface area contributed by atoms with Gasteiger partial charge in [0.15, 0.2) is 0 Å². The number of aliphatic hydroxyl groups excluding tert-OH is 1. The molecule has 3 rings (SSSR count). The molecule has 1 fully saturated rings. The van der Waals surface area contributed by atoms with E-state index in [4.69, 9.17) is 16.3 Å². The van der Waals surface area contributed by atoms with Gasteiger partial charge in [-0.3, -0.25) is 9.59 Å². The van der Waals surface area contributed by atoms with E-state index < -0.39 is 17.7 Å². The second-order valence-electron chi connectivity index (χ2n) is 6.95. The van der Waals surface area contributed by atoms with Crippen LogP contribution in [-0.2, 0) is 9.59 Å². The van der Waals surface area contributed by atoms with Crippen LogP contribution in [0.4, 0.5) is 0 Å². The standard InChI is InChI=1S/C23H24ClNO4/c1-3-4-7-14-25-20(15-10-12-16(24)13-11-15)19(22(27)23(25)28)21(26)17-8-5-6-9-18(17)29-2/h5-6,8-13,20,26H,3-4,7,14H2,1-2H3/b21-19-. The minimum atomic E-state index is -0.690. The first kappa shape index (κ1) is 20.9. The van der Waals surface area contributed by atoms with Crippen molar-refractivity contribution in [3.63, 3.8) is 0 Å². The lowest BCUT2D eigenvalue weighted by Gasteiger charge is -2.25. The maximum absolute atomic E-state index is 12.9. The number of halogens is 1. The Morgan fingerprint density at radius 1 is 1.10 bits per heavy atom. The van der Waals surface area contributed by atoms with E-state index in [2.05, 4.69) is 6.92 Å². The number of ether oxygens (including phenoxy) is 1. The molecule has 0 bridgehead atoms. The second kappa shape index (κ2) is 9.14. The Bertz CT molecular complexity index is 936. The molecule has 1 atom stereocenters. The molecule has 2 aromatic carbocycles. The van der Waals surface area contributed by atoms with Gasteiger partial charge in [0.1, 0.15) is 11.5 Å². The van der Waals surface area contributed by atoms with Crippen molar-refractivity contribution in [3.8, 4) is 5.75 Å². The maximum Gasteiger partial charge on any atom is 0.295 e. The van der Waals surface area contributed by atoms with E-state index in [0.717, 1.165) is 24.8 Å². The number of Topliss-reactive ketones (excluding diaryl/α,β-unsaturated/α-hetero) is 1. The van der Waals surface area contributed by atoms with Gasteiger partial charge in [0.05, 0.1) is 24.3 Å². The van der Waals surface area contributed by atoms with Crippen molar-refractivity contribution in [2.24, 2.45) is 0 Å². The number of rotatable bonds is 7. The third kappa shape index (κ3) is 4.15. The number of para-hydroxylation sites is 1. The highest BCUT2D eigenvalue weighted by atomic mass is 35.5. The average molecular weight is 414 g/mol. The average Bonchev–Trinajstić information content (AvgIpc) is 2.99. The highest BCUT2D eigenvalue weighted by Gasteiger charge is 2.45. The van der Waals surface area contributed by atoms with Gasteiger partial charge in [0, 0.05) is 11.6 Å². The Balaban J connectivity index is 2.15. The molecule has 1 unspecified atom stereocenters. The van der Waals surface area contributed by atoms with Gasteiger partial charge in [0.25, 0.3) is 11.7 Å². The number of hydrogen-bond acceptors (Lipinski definition) is 4. The number of ketones is 1. The van der Waals surface area contributed by atoms with Crippen LogP contribution in [-0.4, -0.2) is 35.4 Å². The van der Waals surface area contributed by atoms with Crippen molar-refractivity contribution in [2.75, 3.05) is 13.7 Å². The van der Waals surface area contributed by atoms with E-state index in [9.17, 15) is 14.7 Å². The predicted molar refractivity (Wildman–Crippen MR) is 113 cm³/mol. The first-order valence-electron chi connectivity index (χ1n) is 9.66. The Morgan fingerprint density at radius 2 is 1.79 bits per heavy atom. The molecule has 6 heteroatoms. The summed E-state index contributed by atoms with van der Waals surface area (Å²) >= 11 is 6.02. The molecule has 2 aromatic rings. The van der Waals surface area contributed by atoms with Crippen LogP contribution in [0, 0.1) is 0 Å². The lowest BCUT2D eigenvalue weighted by atomic mass is 9.95. The SMILES string of the molecule is CCCCCN1C(=O)C(=O)/C(=C(\O)c2ccccc2OC)C1c1ccc(Cl)cc1. The number of hydrogen-bond donors (Lipinski definition) is 1. The topological polar surface area (TPSA) is 66.8 Å². The Hall–Kier alpha value is -2.79. The molecule has 152 valence electrons. The summed E-state index contributed by atoms with van der Waals surface area (Å²) in [6.07, 6.45) is 2.72. The second-order valence-corrected chi connectivity index (χ2v) is 7.39. The van der Waals surface area contributed by atoms with E-state index in [1.165, 1.54) is 7.11 Å². The third-order valence-corrected chi connectivity index (χ3v) is 5.34. The van der Waals surface area contributed by atoms with Crippen LogP contribution in [0.1, 0.15) is 43.4 Å². The summed E-state index contributed by atoms with van der Waals surface area (Å²) in [6.45, 7) is 2.51. The summed E-state index contributed by atoms with van der Waals surface area (Å²) in [5.74, 6) is -1.10. The van der Waals surface area contributed by atoms with E-state index >= 15 is 0 Å². The van der Waals surface area contributed by atoms with Crippen molar-refractivity contribution in [2.45, 2.75) is 32.2 Å². The monoisotopic (exact) mass is 413 g/mol. The molecule has 0 saturated carbocycles. The van der Waals surface area contributed by atoms with Crippen LogP contribution in [0.3, 0.4) is 0 Å². The van der Waals surface area contributed by atoms with Gasteiger partial charge in [-0.25, -0.2) is 0 Å². The number of carbonyl (C=O) groups excluding carboxylic acids is 2. The van der Waals surface area contributed by atoms with E-state index in [-0.39, 0.29) is 11.3 Å². The summed E-state index contributed by atoms with van der Waals surface area (Å²) in [6, 6.07) is 13.2. The third-order valence-electron chi connectivity index (χ3n) is 5.09. The number of carbonyl (C=O) groups is 2. The van der Waals surface area contributed by atoms with Crippen molar-refractivity contribution in [3.05, 3.63) is 70.3 Å². The summed E-state index contributed by atoms with van der Waals surface area (Å²) in [7, 11) is 1.49. The van der Waals surface area contributed by atoms with Gasteiger partial charge in [-0.15, -0.1) is 0 Å². The summed E-state index contributed by atoms with van der Waals surface area (Å²) in [4.78, 5) is 27.3. The largest absolute Gasteiger partial charge is 0.507 e. The molecule has 1 heterocycles. The minimum absolute atomic E-state index is 0.0679. The number of methoxy groups -OCH3 is 1. The smallest absolute Gasteiger partial charge is 0.295 e. The maximum atomic E-state index is 12.9. The van der Waals surface area contributed by atoms with Crippen LogP contribution in [0.25, 0.3) is 5.76 Å². The molecule has 1 amide bonds. The Kier molecular flexibility index (Phi) is 6.60. The van der Waals surface area contributed by atoms with Crippen molar-refractivity contribution in [1.29, 1.82) is 0 Å². The number of amides is 1. The molecule has 1 aliphatic rings. The number of likely N-dealkylation sites (tertiary alicyclic amines) is 1. The lowest BCUT2D eigenvalue weighted by Crippen LogP contribution is -2.30. The summed E-state index contributed by atoms with van der Waals surface area (Å²) in [5.41, 5.74) is 1.17. The van der Waals surface area contributed by atoms with Gasteiger partial charge in [-0.05, 0) is 36.2 Å². The van der Waals surface area contributed by atoms with Crippen molar-refractivity contribution >= 4 is 29.1 Å². The molecule has 29 heavy (non-hydrogen) atoms. The van der Waals surface area contributed by atoms with Crippen LogP contribution >= 0.6 is 11.6 Å². The van der Waals surface area contributed by atoms with Crippen LogP contribution in [0.2, 0.25) is 5.02 Å². The van der Waals surface area contributed by atoms with Gasteiger partial charge >= 0.3 is 0 Å². The molecule has 0 radical (unpaired) electrons. The molecule has 5 nitrogen and oxygen atoms in total. The Labute approximate surface area is 175 Å². The van der Waals surface area contributed by atoms with Crippen molar-refractivity contribution < 1.29 is 19.4 Å². The van der Waals surface area contributed by atoms with Crippen LogP contribution in [0.5, 0.6) is 5.75 Å². The van der Waals surface area contributed by atoms with Crippen LogP contribution < -0.4 is 4.74 Å². The molecule has 1 N–H and O–H groups in total. The van der Waals surface area contributed by atoms with E-state index in [1.54, 1.807) is 53.4 Å². The number of aliphatic hydroxyl groups is 1. The van der Waals surface area contributed by atoms with Gasteiger partial charge < -0.3 is 14.7 Å². The summed E-state index contributed by atoms with van der Waals surface area (Å²) in [5, 5.41) is 11.6. The normalized spacial score (nSPS) is 18.3. The van der Waals surface area contributed by atoms with E-state index in [0.29, 0.717) is 22.9 Å². The highest BCUT2D eigenvalue weighted by molar-refractivity contribution is 6.46. The van der Waals surface area contributed by atoms with Gasteiger partial charge in [0.2, 0.25) is 0 Å². The fourth-order valence-corrected chi connectivity index (χ4v) is 3.75. The van der Waals surface area contributed by atoms with Crippen molar-refractivity contribution in [1.82, 2.24) is 4.90 Å². The fraction of sp³-hybridized carbons (Fsp3) is 0.304. The molecule has 0 aliphatic carbocycles. The zero-order valence-electron chi connectivity index (χ0n) is 16.5.